The number of aromatic nitrogens is 4. The summed E-state index contributed by atoms with van der Waals surface area (Å²) in [7, 11) is 1.26. The summed E-state index contributed by atoms with van der Waals surface area (Å²) in [5.74, 6) is -0.565. The molecule has 0 aliphatic rings. The quantitative estimate of drug-likeness (QED) is 0.535. The number of benzene rings is 1. The molecule has 0 saturated carbocycles. The van der Waals surface area contributed by atoms with E-state index in [4.69, 9.17) is 4.74 Å². The second-order valence-corrected chi connectivity index (χ2v) is 4.56. The highest BCUT2D eigenvalue weighted by atomic mass is 16.5. The molecule has 0 amide bonds. The van der Waals surface area contributed by atoms with E-state index >= 15 is 0 Å². The Morgan fingerprint density at radius 2 is 1.59 bits per heavy atom. The van der Waals surface area contributed by atoms with E-state index in [1.165, 1.54) is 25.6 Å². The maximum atomic E-state index is 11.9. The van der Waals surface area contributed by atoms with E-state index < -0.39 is 5.97 Å². The van der Waals surface area contributed by atoms with Crippen LogP contribution in [0, 0.1) is 0 Å². The fraction of sp³-hybridized carbons (Fsp3) is 0.0714. The summed E-state index contributed by atoms with van der Waals surface area (Å²) < 4.78 is 4.73. The topological polar surface area (TPSA) is 124 Å². The van der Waals surface area contributed by atoms with Crippen molar-refractivity contribution in [3.63, 3.8) is 0 Å². The molecule has 0 unspecified atom stereocenters. The molecular formula is C14H12N4O4. The first-order valence-electron chi connectivity index (χ1n) is 6.37. The minimum absolute atomic E-state index is 0.239. The summed E-state index contributed by atoms with van der Waals surface area (Å²) in [6.45, 7) is 0. The molecule has 0 atom stereocenters. The van der Waals surface area contributed by atoms with Gasteiger partial charge in [-0.3, -0.25) is 19.8 Å². The zero-order valence-corrected chi connectivity index (χ0v) is 11.5. The molecule has 4 N–H and O–H groups in total. The molecular weight excluding hydrogens is 288 g/mol. The largest absolute Gasteiger partial charge is 0.465 e. The third-order valence-electron chi connectivity index (χ3n) is 3.32. The lowest BCUT2D eigenvalue weighted by Crippen LogP contribution is -2.09. The number of hydrogen-bond acceptors (Lipinski definition) is 4. The van der Waals surface area contributed by atoms with Gasteiger partial charge in [0, 0.05) is 18.0 Å². The van der Waals surface area contributed by atoms with Gasteiger partial charge < -0.3 is 14.9 Å². The van der Waals surface area contributed by atoms with Crippen molar-refractivity contribution in [1.29, 1.82) is 0 Å². The lowest BCUT2D eigenvalue weighted by atomic mass is 9.97. The van der Waals surface area contributed by atoms with Crippen LogP contribution in [0.4, 0.5) is 0 Å². The first kappa shape index (κ1) is 13.7. The van der Waals surface area contributed by atoms with Crippen molar-refractivity contribution in [2.75, 3.05) is 7.11 Å². The Kier molecular flexibility index (Phi) is 3.26. The third-order valence-corrected chi connectivity index (χ3v) is 3.32. The van der Waals surface area contributed by atoms with Crippen molar-refractivity contribution < 1.29 is 9.53 Å². The van der Waals surface area contributed by atoms with Crippen LogP contribution in [-0.2, 0) is 4.74 Å². The summed E-state index contributed by atoms with van der Waals surface area (Å²) >= 11 is 0. The second-order valence-electron chi connectivity index (χ2n) is 4.56. The summed E-state index contributed by atoms with van der Waals surface area (Å²) in [5, 5.41) is 10.0. The molecule has 0 spiro atoms. The molecule has 22 heavy (non-hydrogen) atoms. The van der Waals surface area contributed by atoms with Crippen LogP contribution in [0.5, 0.6) is 0 Å². The molecule has 112 valence electrons. The monoisotopic (exact) mass is 300 g/mol. The highest BCUT2D eigenvalue weighted by Gasteiger charge is 2.18. The highest BCUT2D eigenvalue weighted by molar-refractivity contribution is 5.98. The number of carbonyl (C=O) groups is 1. The molecule has 2 aromatic heterocycles. The van der Waals surface area contributed by atoms with E-state index in [2.05, 4.69) is 20.4 Å². The van der Waals surface area contributed by atoms with Crippen molar-refractivity contribution in [2.24, 2.45) is 0 Å². The smallest absolute Gasteiger partial charge is 0.338 e. The average Bonchev–Trinajstić information content (AvgIpc) is 3.14. The lowest BCUT2D eigenvalue weighted by Gasteiger charge is -2.07. The maximum absolute atomic E-state index is 11.9. The van der Waals surface area contributed by atoms with Gasteiger partial charge in [0.1, 0.15) is 0 Å². The second kappa shape index (κ2) is 5.24. The van der Waals surface area contributed by atoms with Gasteiger partial charge >= 0.3 is 5.97 Å². The van der Waals surface area contributed by atoms with E-state index in [1.54, 1.807) is 12.1 Å². The Labute approximate surface area is 123 Å². The predicted octanol–water partition coefficient (Wildman–Crippen LogP) is 0.840. The number of H-pyrrole nitrogens is 4. The van der Waals surface area contributed by atoms with Crippen molar-refractivity contribution in [3.05, 3.63) is 56.9 Å². The zero-order valence-electron chi connectivity index (χ0n) is 11.5. The molecule has 0 aliphatic heterocycles. The Bertz CT molecular complexity index is 944. The number of methoxy groups -OCH3 is 1. The summed E-state index contributed by atoms with van der Waals surface area (Å²) in [6.07, 6.45) is 2.97. The van der Waals surface area contributed by atoms with Crippen molar-refractivity contribution in [2.45, 2.75) is 0 Å². The Balaban J connectivity index is 2.26. The van der Waals surface area contributed by atoms with Gasteiger partial charge in [-0.15, -0.1) is 0 Å². The first-order valence-corrected chi connectivity index (χ1v) is 6.37. The van der Waals surface area contributed by atoms with Crippen LogP contribution in [0.2, 0.25) is 0 Å². The molecule has 0 saturated heterocycles. The highest BCUT2D eigenvalue weighted by Crippen LogP contribution is 2.26. The Morgan fingerprint density at radius 3 is 2.14 bits per heavy atom. The number of esters is 1. The normalized spacial score (nSPS) is 10.6. The van der Waals surface area contributed by atoms with Gasteiger partial charge in [0.05, 0.1) is 23.8 Å². The van der Waals surface area contributed by atoms with Crippen LogP contribution in [0.25, 0.3) is 22.3 Å². The predicted molar refractivity (Wildman–Crippen MR) is 78.6 cm³/mol. The van der Waals surface area contributed by atoms with E-state index in [0.717, 1.165) is 0 Å². The summed E-state index contributed by atoms with van der Waals surface area (Å²) in [6, 6.07) is 4.74. The van der Waals surface area contributed by atoms with E-state index in [-0.39, 0.29) is 22.2 Å². The van der Waals surface area contributed by atoms with Gasteiger partial charge in [-0.2, -0.15) is 0 Å². The van der Waals surface area contributed by atoms with Crippen LogP contribution < -0.4 is 11.1 Å². The van der Waals surface area contributed by atoms with Gasteiger partial charge in [0.25, 0.3) is 11.1 Å². The Hall–Kier alpha value is -3.29. The number of hydrogen-bond donors (Lipinski definition) is 4. The van der Waals surface area contributed by atoms with Gasteiger partial charge in [-0.05, 0) is 17.7 Å². The van der Waals surface area contributed by atoms with Crippen molar-refractivity contribution >= 4 is 5.97 Å². The van der Waals surface area contributed by atoms with Crippen LogP contribution in [0.15, 0.2) is 40.2 Å². The SMILES string of the molecule is COC(=O)c1ccc(-c2c[nH][nH]c2=O)cc1-c1c[nH][nH]c1=O. The summed E-state index contributed by atoms with van der Waals surface area (Å²) in [5.41, 5.74) is 1.23. The van der Waals surface area contributed by atoms with Crippen LogP contribution in [0.1, 0.15) is 10.4 Å². The molecule has 0 fully saturated rings. The fourth-order valence-corrected chi connectivity index (χ4v) is 2.25. The summed E-state index contributed by atoms with van der Waals surface area (Å²) in [4.78, 5) is 35.4. The minimum atomic E-state index is -0.565. The number of aromatic amines is 4. The van der Waals surface area contributed by atoms with Crippen molar-refractivity contribution in [1.82, 2.24) is 20.4 Å². The van der Waals surface area contributed by atoms with Crippen LogP contribution in [-0.4, -0.2) is 33.5 Å². The molecule has 0 aliphatic carbocycles. The molecule has 8 nitrogen and oxygen atoms in total. The van der Waals surface area contributed by atoms with E-state index in [1.807, 2.05) is 0 Å². The van der Waals surface area contributed by atoms with Gasteiger partial charge in [-0.25, -0.2) is 4.79 Å². The molecule has 2 heterocycles. The van der Waals surface area contributed by atoms with Crippen LogP contribution >= 0.6 is 0 Å². The minimum Gasteiger partial charge on any atom is -0.465 e. The molecule has 3 rings (SSSR count). The third kappa shape index (κ3) is 2.16. The number of nitrogens with one attached hydrogen (secondary N) is 4. The number of carbonyl (C=O) groups excluding carboxylic acids is 1. The standard InChI is InChI=1S/C14H12N4O4/c1-22-14(21)8-3-2-7(10-5-15-17-12(10)19)4-9(8)11-6-16-18-13(11)20/h2-6H,1H3,(H2,15,17,19)(H2,16,18,20). The van der Waals surface area contributed by atoms with Crippen LogP contribution in [0.3, 0.4) is 0 Å². The van der Waals surface area contributed by atoms with Gasteiger partial charge in [0.15, 0.2) is 0 Å². The molecule has 3 aromatic rings. The molecule has 0 radical (unpaired) electrons. The van der Waals surface area contributed by atoms with Gasteiger partial charge in [-0.1, -0.05) is 6.07 Å². The lowest BCUT2D eigenvalue weighted by molar-refractivity contribution is 0.0601. The average molecular weight is 300 g/mol. The molecule has 1 aromatic carbocycles. The van der Waals surface area contributed by atoms with Gasteiger partial charge in [0.2, 0.25) is 0 Å². The van der Waals surface area contributed by atoms with E-state index in [9.17, 15) is 14.4 Å². The molecule has 8 heteroatoms. The maximum Gasteiger partial charge on any atom is 0.338 e. The first-order chi connectivity index (χ1) is 10.6. The van der Waals surface area contributed by atoms with Crippen molar-refractivity contribution in [3.8, 4) is 22.3 Å². The number of rotatable bonds is 3. The fourth-order valence-electron chi connectivity index (χ4n) is 2.25. The zero-order chi connectivity index (χ0) is 15.7. The number of ether oxygens (including phenoxy) is 1. The Morgan fingerprint density at radius 1 is 0.955 bits per heavy atom. The van der Waals surface area contributed by atoms with E-state index in [0.29, 0.717) is 16.7 Å². The molecule has 0 bridgehead atoms.